The Morgan fingerprint density at radius 1 is 1.07 bits per heavy atom. The molecule has 0 saturated carbocycles. The summed E-state index contributed by atoms with van der Waals surface area (Å²) in [5.41, 5.74) is 2.22. The summed E-state index contributed by atoms with van der Waals surface area (Å²) < 4.78 is 10.4. The topological polar surface area (TPSA) is 88.1 Å². The summed E-state index contributed by atoms with van der Waals surface area (Å²) in [6.45, 7) is 2.25. The van der Waals surface area contributed by atoms with Gasteiger partial charge in [0.25, 0.3) is 5.91 Å². The second kappa shape index (κ2) is 9.43. The molecule has 1 fully saturated rings. The minimum atomic E-state index is -0.705. The van der Waals surface area contributed by atoms with Crippen LogP contribution in [0.4, 0.5) is 5.69 Å². The van der Waals surface area contributed by atoms with Gasteiger partial charge >= 0.3 is 5.97 Å². The maximum absolute atomic E-state index is 12.7. The molecule has 2 N–H and O–H groups in total. The van der Waals surface area contributed by atoms with Crippen molar-refractivity contribution in [1.82, 2.24) is 4.90 Å². The molecule has 0 atom stereocenters. The zero-order valence-corrected chi connectivity index (χ0v) is 16.7. The van der Waals surface area contributed by atoms with E-state index in [1.165, 1.54) is 0 Å². The summed E-state index contributed by atoms with van der Waals surface area (Å²) in [7, 11) is 3.08. The number of carbonyl (C=O) groups is 2. The lowest BCUT2D eigenvalue weighted by molar-refractivity contribution is -0.143. The highest BCUT2D eigenvalue weighted by molar-refractivity contribution is 6.04. The Balaban J connectivity index is 1.64. The van der Waals surface area contributed by atoms with Gasteiger partial charge in [-0.1, -0.05) is 12.1 Å². The van der Waals surface area contributed by atoms with Crippen molar-refractivity contribution in [3.05, 3.63) is 53.6 Å². The van der Waals surface area contributed by atoms with E-state index in [9.17, 15) is 9.59 Å². The van der Waals surface area contributed by atoms with Gasteiger partial charge in [-0.3, -0.25) is 14.5 Å². The Morgan fingerprint density at radius 2 is 1.72 bits per heavy atom. The average Bonchev–Trinajstić information content (AvgIpc) is 2.74. The van der Waals surface area contributed by atoms with Crippen LogP contribution in [0.25, 0.3) is 0 Å². The van der Waals surface area contributed by atoms with E-state index in [-0.39, 0.29) is 11.8 Å². The van der Waals surface area contributed by atoms with E-state index in [0.717, 1.165) is 25.2 Å². The van der Waals surface area contributed by atoms with E-state index in [1.807, 2.05) is 24.3 Å². The van der Waals surface area contributed by atoms with Crippen molar-refractivity contribution in [3.63, 3.8) is 0 Å². The third-order valence-electron chi connectivity index (χ3n) is 5.14. The molecule has 1 amide bonds. The molecule has 1 aliphatic rings. The van der Waals surface area contributed by atoms with Gasteiger partial charge in [0.2, 0.25) is 0 Å². The summed E-state index contributed by atoms with van der Waals surface area (Å²) in [6.07, 6.45) is 1.34. The first-order chi connectivity index (χ1) is 14.0. The van der Waals surface area contributed by atoms with Crippen LogP contribution in [-0.4, -0.2) is 49.2 Å². The minimum Gasteiger partial charge on any atom is -0.497 e. The lowest BCUT2D eigenvalue weighted by atomic mass is 9.97. The van der Waals surface area contributed by atoms with Crippen molar-refractivity contribution >= 4 is 17.6 Å². The number of nitrogens with one attached hydrogen (secondary N) is 1. The number of hydrogen-bond acceptors (Lipinski definition) is 5. The van der Waals surface area contributed by atoms with Gasteiger partial charge in [0.1, 0.15) is 11.5 Å². The van der Waals surface area contributed by atoms with Gasteiger partial charge in [-0.15, -0.1) is 0 Å². The first-order valence-electron chi connectivity index (χ1n) is 9.57. The third-order valence-corrected chi connectivity index (χ3v) is 5.14. The van der Waals surface area contributed by atoms with Crippen molar-refractivity contribution in [2.75, 3.05) is 32.6 Å². The number of anilines is 1. The predicted octanol–water partition coefficient (Wildman–Crippen LogP) is 3.25. The van der Waals surface area contributed by atoms with Crippen LogP contribution in [0.3, 0.4) is 0 Å². The van der Waals surface area contributed by atoms with Crippen LogP contribution in [0.1, 0.15) is 28.8 Å². The van der Waals surface area contributed by atoms with Crippen LogP contribution in [0, 0.1) is 5.92 Å². The number of likely N-dealkylation sites (tertiary alicyclic amines) is 1. The van der Waals surface area contributed by atoms with Gasteiger partial charge in [0, 0.05) is 23.9 Å². The number of hydrogen-bond donors (Lipinski definition) is 2. The van der Waals surface area contributed by atoms with Crippen molar-refractivity contribution in [2.24, 2.45) is 5.92 Å². The number of carboxylic acid groups (broad SMARTS) is 1. The number of aliphatic carboxylic acids is 1. The van der Waals surface area contributed by atoms with Gasteiger partial charge < -0.3 is 19.9 Å². The van der Waals surface area contributed by atoms with Crippen LogP contribution in [0.2, 0.25) is 0 Å². The molecule has 154 valence electrons. The highest BCUT2D eigenvalue weighted by atomic mass is 16.5. The summed E-state index contributed by atoms with van der Waals surface area (Å²) in [5, 5.41) is 12.0. The van der Waals surface area contributed by atoms with Crippen LogP contribution >= 0.6 is 0 Å². The standard InChI is InChI=1S/C22H26N2O5/c1-28-19-11-17(12-20(13-19)29-2)21(25)23-18-5-3-4-15(10-18)14-24-8-6-16(7-9-24)22(26)27/h3-5,10-13,16H,6-9,14H2,1-2H3,(H,23,25)(H,26,27). The SMILES string of the molecule is COc1cc(OC)cc(C(=O)Nc2cccc(CN3CCC(C(=O)O)CC3)c2)c1. The van der Waals surface area contributed by atoms with Crippen LogP contribution < -0.4 is 14.8 Å². The minimum absolute atomic E-state index is 0.239. The van der Waals surface area contributed by atoms with E-state index in [1.54, 1.807) is 32.4 Å². The van der Waals surface area contributed by atoms with Crippen molar-refractivity contribution in [2.45, 2.75) is 19.4 Å². The third kappa shape index (κ3) is 5.48. The van der Waals surface area contributed by atoms with E-state index >= 15 is 0 Å². The van der Waals surface area contributed by atoms with Crippen LogP contribution in [0.15, 0.2) is 42.5 Å². The molecular formula is C22H26N2O5. The molecule has 7 heteroatoms. The fourth-order valence-corrected chi connectivity index (χ4v) is 3.49. The maximum atomic E-state index is 12.7. The Bertz CT molecular complexity index is 853. The van der Waals surface area contributed by atoms with E-state index in [2.05, 4.69) is 10.2 Å². The molecule has 0 aromatic heterocycles. The fraction of sp³-hybridized carbons (Fsp3) is 0.364. The lowest BCUT2D eigenvalue weighted by Crippen LogP contribution is -2.35. The van der Waals surface area contributed by atoms with E-state index in [0.29, 0.717) is 35.6 Å². The largest absolute Gasteiger partial charge is 0.497 e. The molecule has 1 aliphatic heterocycles. The summed E-state index contributed by atoms with van der Waals surface area (Å²) in [6, 6.07) is 12.7. The molecule has 1 heterocycles. The average molecular weight is 398 g/mol. The lowest BCUT2D eigenvalue weighted by Gasteiger charge is -2.30. The van der Waals surface area contributed by atoms with Crippen molar-refractivity contribution in [1.29, 1.82) is 0 Å². The number of carboxylic acids is 1. The molecule has 29 heavy (non-hydrogen) atoms. The number of benzene rings is 2. The number of amides is 1. The second-order valence-electron chi connectivity index (χ2n) is 7.14. The van der Waals surface area contributed by atoms with Gasteiger partial charge in [-0.25, -0.2) is 0 Å². The van der Waals surface area contributed by atoms with E-state index in [4.69, 9.17) is 14.6 Å². The molecule has 0 bridgehead atoms. The number of nitrogens with zero attached hydrogens (tertiary/aromatic N) is 1. The van der Waals surface area contributed by atoms with Gasteiger partial charge in [-0.2, -0.15) is 0 Å². The first-order valence-corrected chi connectivity index (χ1v) is 9.57. The number of piperidine rings is 1. The zero-order valence-electron chi connectivity index (χ0n) is 16.7. The second-order valence-corrected chi connectivity index (χ2v) is 7.14. The zero-order chi connectivity index (χ0) is 20.8. The quantitative estimate of drug-likeness (QED) is 0.744. The van der Waals surface area contributed by atoms with Gasteiger partial charge in [0.05, 0.1) is 20.1 Å². The summed E-state index contributed by atoms with van der Waals surface area (Å²) in [5.74, 6) is -0.0945. The van der Waals surface area contributed by atoms with E-state index < -0.39 is 5.97 Å². The molecular weight excluding hydrogens is 372 g/mol. The normalized spacial score (nSPS) is 15.0. The molecule has 0 unspecified atom stereocenters. The highest BCUT2D eigenvalue weighted by Crippen LogP contribution is 2.24. The molecule has 0 spiro atoms. The first kappa shape index (κ1) is 20.7. The number of rotatable bonds is 7. The maximum Gasteiger partial charge on any atom is 0.306 e. The van der Waals surface area contributed by atoms with Crippen molar-refractivity contribution in [3.8, 4) is 11.5 Å². The monoisotopic (exact) mass is 398 g/mol. The van der Waals surface area contributed by atoms with Crippen LogP contribution in [0.5, 0.6) is 11.5 Å². The predicted molar refractivity (Wildman–Crippen MR) is 110 cm³/mol. The Hall–Kier alpha value is -3.06. The summed E-state index contributed by atoms with van der Waals surface area (Å²) in [4.78, 5) is 26.0. The Morgan fingerprint density at radius 3 is 2.31 bits per heavy atom. The van der Waals surface area contributed by atoms with Crippen molar-refractivity contribution < 1.29 is 24.2 Å². The molecule has 0 radical (unpaired) electrons. The van der Waals surface area contributed by atoms with Gasteiger partial charge in [0.15, 0.2) is 0 Å². The smallest absolute Gasteiger partial charge is 0.306 e. The molecule has 1 saturated heterocycles. The molecule has 7 nitrogen and oxygen atoms in total. The molecule has 3 rings (SSSR count). The molecule has 2 aromatic carbocycles. The molecule has 0 aliphatic carbocycles. The van der Waals surface area contributed by atoms with Gasteiger partial charge in [-0.05, 0) is 55.8 Å². The summed E-state index contributed by atoms with van der Waals surface area (Å²) >= 11 is 0. The van der Waals surface area contributed by atoms with Crippen LogP contribution in [-0.2, 0) is 11.3 Å². The Labute approximate surface area is 170 Å². The Kier molecular flexibility index (Phi) is 6.72. The number of ether oxygens (including phenoxy) is 2. The number of carbonyl (C=O) groups excluding carboxylic acids is 1. The highest BCUT2D eigenvalue weighted by Gasteiger charge is 2.24. The fourth-order valence-electron chi connectivity index (χ4n) is 3.49. The number of methoxy groups -OCH3 is 2. The molecule has 2 aromatic rings.